The van der Waals surface area contributed by atoms with Crippen LogP contribution in [0.15, 0.2) is 121 Å². The van der Waals surface area contributed by atoms with Gasteiger partial charge in [-0.1, -0.05) is 72.8 Å². The Bertz CT molecular complexity index is 1580. The van der Waals surface area contributed by atoms with Gasteiger partial charge in [-0.2, -0.15) is 0 Å². The molecule has 1 aliphatic rings. The van der Waals surface area contributed by atoms with E-state index in [9.17, 15) is 24.3 Å². The number of carbonyl (C=O) groups excluding carboxylic acids is 4. The number of benzene rings is 4. The Labute approximate surface area is 252 Å². The lowest BCUT2D eigenvalue weighted by atomic mass is 10.0. The summed E-state index contributed by atoms with van der Waals surface area (Å²) in [5, 5.41) is 11.7. The molecule has 0 radical (unpaired) electrons. The minimum atomic E-state index is -2.50. The quantitative estimate of drug-likeness (QED) is 0.209. The van der Waals surface area contributed by atoms with Crippen LogP contribution in [-0.4, -0.2) is 66.3 Å². The number of hydrogen-bond donors (Lipinski definition) is 1. The van der Waals surface area contributed by atoms with Gasteiger partial charge in [0.15, 0.2) is 12.2 Å². The minimum absolute atomic E-state index is 0.142. The lowest BCUT2D eigenvalue weighted by Crippen LogP contribution is -2.51. The maximum absolute atomic E-state index is 13.2. The van der Waals surface area contributed by atoms with Gasteiger partial charge in [0.2, 0.25) is 5.79 Å². The highest BCUT2D eigenvalue weighted by Gasteiger charge is 2.60. The van der Waals surface area contributed by atoms with Gasteiger partial charge in [0.05, 0.1) is 22.3 Å². The molecule has 0 spiro atoms. The number of esters is 4. The Morgan fingerprint density at radius 2 is 0.955 bits per heavy atom. The van der Waals surface area contributed by atoms with Crippen molar-refractivity contribution < 1.29 is 48.0 Å². The fourth-order valence-corrected chi connectivity index (χ4v) is 4.56. The average molecular weight is 597 g/mol. The monoisotopic (exact) mass is 596 g/mol. The highest BCUT2D eigenvalue weighted by atomic mass is 16.7. The third kappa shape index (κ3) is 7.17. The van der Waals surface area contributed by atoms with Crippen LogP contribution in [0.25, 0.3) is 0 Å². The van der Waals surface area contributed by atoms with E-state index in [1.807, 2.05) is 0 Å². The highest BCUT2D eigenvalue weighted by Crippen LogP contribution is 2.36. The molecule has 0 aromatic heterocycles. The van der Waals surface area contributed by atoms with Crippen LogP contribution in [-0.2, 0) is 23.7 Å². The molecule has 4 aromatic carbocycles. The molecule has 0 saturated carbocycles. The summed E-state index contributed by atoms with van der Waals surface area (Å²) >= 11 is 0. The first kappa shape index (κ1) is 30.1. The zero-order valence-electron chi connectivity index (χ0n) is 23.3. The first-order valence-electron chi connectivity index (χ1n) is 13.7. The van der Waals surface area contributed by atoms with Crippen LogP contribution >= 0.6 is 0 Å². The van der Waals surface area contributed by atoms with Crippen molar-refractivity contribution in [1.29, 1.82) is 0 Å². The van der Waals surface area contributed by atoms with Crippen molar-refractivity contribution in [2.24, 2.45) is 0 Å². The fraction of sp³-hybridized carbons (Fsp3) is 0.176. The standard InChI is InChI=1S/C34H28O10/c35-30(23-13-5-1-6-14-23)40-21-27-28(42-32(37)25-17-9-3-10-18-25)29(43-33(38)26-19-11-4-12-20-26)34(39,44-27)22-41-31(36)24-15-7-2-8-16-24/h1-20,27-29,39H,21-22H2/t27?,28?,29?,34-/m0/s1. The summed E-state index contributed by atoms with van der Waals surface area (Å²) in [5.74, 6) is -5.67. The van der Waals surface area contributed by atoms with Crippen LogP contribution in [0.3, 0.4) is 0 Å². The number of carbonyl (C=O) groups is 4. The smallest absolute Gasteiger partial charge is 0.338 e. The molecule has 4 aromatic rings. The molecule has 1 saturated heterocycles. The van der Waals surface area contributed by atoms with Crippen molar-refractivity contribution in [3.63, 3.8) is 0 Å². The second-order valence-electron chi connectivity index (χ2n) is 9.84. The number of ether oxygens (including phenoxy) is 5. The first-order chi connectivity index (χ1) is 21.3. The summed E-state index contributed by atoms with van der Waals surface area (Å²) in [7, 11) is 0. The summed E-state index contributed by atoms with van der Waals surface area (Å²) in [6.07, 6.45) is -4.52. The van der Waals surface area contributed by atoms with Gasteiger partial charge in [0.25, 0.3) is 0 Å². The SMILES string of the molecule is O=C(OCC1O[C@@](O)(COC(=O)c2ccccc2)C(OC(=O)c2ccccc2)C1OC(=O)c1ccccc1)c1ccccc1. The summed E-state index contributed by atoms with van der Waals surface area (Å²) < 4.78 is 28.1. The second kappa shape index (κ2) is 13.8. The van der Waals surface area contributed by atoms with Crippen LogP contribution in [0, 0.1) is 0 Å². The van der Waals surface area contributed by atoms with E-state index in [2.05, 4.69) is 0 Å². The largest absolute Gasteiger partial charge is 0.459 e. The Hall–Kier alpha value is -5.32. The van der Waals surface area contributed by atoms with Gasteiger partial charge in [-0.3, -0.25) is 0 Å². The van der Waals surface area contributed by atoms with Crippen molar-refractivity contribution in [2.45, 2.75) is 24.1 Å². The van der Waals surface area contributed by atoms with Crippen molar-refractivity contribution in [1.82, 2.24) is 0 Å². The molecule has 4 atom stereocenters. The predicted octanol–water partition coefficient (Wildman–Crippen LogP) is 4.24. The predicted molar refractivity (Wildman–Crippen MR) is 155 cm³/mol. The Morgan fingerprint density at radius 3 is 1.41 bits per heavy atom. The molecule has 5 rings (SSSR count). The third-order valence-corrected chi connectivity index (χ3v) is 6.77. The van der Waals surface area contributed by atoms with Crippen LogP contribution in [0.1, 0.15) is 41.4 Å². The minimum Gasteiger partial charge on any atom is -0.459 e. The van der Waals surface area contributed by atoms with Gasteiger partial charge in [-0.15, -0.1) is 0 Å². The van der Waals surface area contributed by atoms with E-state index in [4.69, 9.17) is 23.7 Å². The lowest BCUT2D eigenvalue weighted by Gasteiger charge is -2.29. The molecule has 1 N–H and O–H groups in total. The zero-order chi connectivity index (χ0) is 30.9. The topological polar surface area (TPSA) is 135 Å². The van der Waals surface area contributed by atoms with Crippen molar-refractivity contribution in [3.8, 4) is 0 Å². The molecule has 1 heterocycles. The van der Waals surface area contributed by atoms with E-state index in [-0.39, 0.29) is 22.3 Å². The van der Waals surface area contributed by atoms with Gasteiger partial charge >= 0.3 is 23.9 Å². The van der Waals surface area contributed by atoms with E-state index < -0.39 is 61.2 Å². The highest BCUT2D eigenvalue weighted by molar-refractivity contribution is 5.91. The average Bonchev–Trinajstić information content (AvgIpc) is 3.33. The maximum atomic E-state index is 13.2. The molecular formula is C34H28O10. The van der Waals surface area contributed by atoms with Crippen LogP contribution < -0.4 is 0 Å². The third-order valence-electron chi connectivity index (χ3n) is 6.77. The Kier molecular flexibility index (Phi) is 9.43. The van der Waals surface area contributed by atoms with Gasteiger partial charge in [-0.25, -0.2) is 19.2 Å². The van der Waals surface area contributed by atoms with Gasteiger partial charge < -0.3 is 28.8 Å². The molecule has 10 heteroatoms. The Morgan fingerprint density at radius 1 is 0.568 bits per heavy atom. The van der Waals surface area contributed by atoms with E-state index in [1.54, 1.807) is 84.9 Å². The van der Waals surface area contributed by atoms with Crippen LogP contribution in [0.5, 0.6) is 0 Å². The van der Waals surface area contributed by atoms with E-state index >= 15 is 0 Å². The maximum Gasteiger partial charge on any atom is 0.338 e. The molecule has 0 bridgehead atoms. The van der Waals surface area contributed by atoms with Crippen LogP contribution in [0.2, 0.25) is 0 Å². The van der Waals surface area contributed by atoms with Crippen molar-refractivity contribution in [3.05, 3.63) is 144 Å². The lowest BCUT2D eigenvalue weighted by molar-refractivity contribution is -0.247. The molecule has 10 nitrogen and oxygen atoms in total. The van der Waals surface area contributed by atoms with Gasteiger partial charge in [0, 0.05) is 0 Å². The molecule has 0 aliphatic carbocycles. The number of aliphatic hydroxyl groups is 1. The van der Waals surface area contributed by atoms with Crippen molar-refractivity contribution >= 4 is 23.9 Å². The first-order valence-corrected chi connectivity index (χ1v) is 13.7. The van der Waals surface area contributed by atoms with E-state index in [0.29, 0.717) is 0 Å². The number of hydrogen-bond acceptors (Lipinski definition) is 10. The van der Waals surface area contributed by atoms with Crippen LogP contribution in [0.4, 0.5) is 0 Å². The molecule has 0 amide bonds. The summed E-state index contributed by atoms with van der Waals surface area (Å²) in [4.78, 5) is 51.8. The fourth-order valence-electron chi connectivity index (χ4n) is 4.56. The molecule has 1 aliphatic heterocycles. The second-order valence-corrected chi connectivity index (χ2v) is 9.84. The molecular weight excluding hydrogens is 568 g/mol. The molecule has 1 fully saturated rings. The number of rotatable bonds is 10. The normalized spacial score (nSPS) is 20.7. The van der Waals surface area contributed by atoms with E-state index in [0.717, 1.165) is 0 Å². The molecule has 224 valence electrons. The zero-order valence-corrected chi connectivity index (χ0v) is 23.3. The van der Waals surface area contributed by atoms with E-state index in [1.165, 1.54) is 36.4 Å². The van der Waals surface area contributed by atoms with Gasteiger partial charge in [0.1, 0.15) is 19.3 Å². The summed E-state index contributed by atoms with van der Waals surface area (Å²) in [6, 6.07) is 32.1. The summed E-state index contributed by atoms with van der Waals surface area (Å²) in [5.41, 5.74) is 0.768. The Balaban J connectivity index is 1.44. The van der Waals surface area contributed by atoms with Gasteiger partial charge in [-0.05, 0) is 48.5 Å². The molecule has 3 unspecified atom stereocenters. The summed E-state index contributed by atoms with van der Waals surface area (Å²) in [6.45, 7) is -1.31. The van der Waals surface area contributed by atoms with Crippen molar-refractivity contribution in [2.75, 3.05) is 13.2 Å². The molecule has 44 heavy (non-hydrogen) atoms.